The molecule has 0 atom stereocenters. The Hall–Kier alpha value is -2.18. The van der Waals surface area contributed by atoms with Gasteiger partial charge >= 0.3 is 0 Å². The SMILES string of the molecule is CCc1c(C2CNC2)nc(N2CCOCC2)nc1N(C)c1ccccc1. The van der Waals surface area contributed by atoms with Crippen LogP contribution in [0.15, 0.2) is 30.3 Å². The third kappa shape index (κ3) is 3.27. The zero-order chi connectivity index (χ0) is 17.9. The molecule has 2 fully saturated rings. The molecule has 1 N–H and O–H groups in total. The van der Waals surface area contributed by atoms with E-state index in [2.05, 4.69) is 53.4 Å². The molecule has 0 spiro atoms. The van der Waals surface area contributed by atoms with Crippen molar-refractivity contribution in [2.45, 2.75) is 19.3 Å². The zero-order valence-electron chi connectivity index (χ0n) is 15.6. The number of anilines is 3. The smallest absolute Gasteiger partial charge is 0.227 e. The van der Waals surface area contributed by atoms with E-state index in [-0.39, 0.29) is 0 Å². The Morgan fingerprint density at radius 2 is 1.88 bits per heavy atom. The molecule has 4 rings (SSSR count). The van der Waals surface area contributed by atoms with Crippen molar-refractivity contribution < 1.29 is 4.74 Å². The van der Waals surface area contributed by atoms with Crippen molar-refractivity contribution in [3.63, 3.8) is 0 Å². The number of para-hydroxylation sites is 1. The summed E-state index contributed by atoms with van der Waals surface area (Å²) in [7, 11) is 2.10. The van der Waals surface area contributed by atoms with E-state index in [0.717, 1.165) is 63.3 Å². The Balaban J connectivity index is 1.79. The topological polar surface area (TPSA) is 53.5 Å². The molecule has 6 heteroatoms. The maximum atomic E-state index is 5.51. The van der Waals surface area contributed by atoms with E-state index in [4.69, 9.17) is 14.7 Å². The van der Waals surface area contributed by atoms with Gasteiger partial charge in [-0.1, -0.05) is 25.1 Å². The predicted molar refractivity (Wildman–Crippen MR) is 105 cm³/mol. The summed E-state index contributed by atoms with van der Waals surface area (Å²) in [4.78, 5) is 14.5. The lowest BCUT2D eigenvalue weighted by atomic mass is 9.93. The van der Waals surface area contributed by atoms with Crippen LogP contribution in [0.3, 0.4) is 0 Å². The molecular formula is C20H27N5O. The van der Waals surface area contributed by atoms with E-state index >= 15 is 0 Å². The number of benzene rings is 1. The van der Waals surface area contributed by atoms with Crippen LogP contribution in [0.5, 0.6) is 0 Å². The number of hydrogen-bond acceptors (Lipinski definition) is 6. The Bertz CT molecular complexity index is 741. The van der Waals surface area contributed by atoms with E-state index in [1.807, 2.05) is 6.07 Å². The molecule has 3 heterocycles. The summed E-state index contributed by atoms with van der Waals surface area (Å²) in [5, 5.41) is 3.38. The lowest BCUT2D eigenvalue weighted by Gasteiger charge is -2.33. The summed E-state index contributed by atoms with van der Waals surface area (Å²) >= 11 is 0. The van der Waals surface area contributed by atoms with Gasteiger partial charge in [0.1, 0.15) is 5.82 Å². The molecule has 2 saturated heterocycles. The second-order valence-electron chi connectivity index (χ2n) is 6.91. The lowest BCUT2D eigenvalue weighted by molar-refractivity contribution is 0.122. The Labute approximate surface area is 155 Å². The average Bonchev–Trinajstić information content (AvgIpc) is 2.67. The summed E-state index contributed by atoms with van der Waals surface area (Å²) in [6.45, 7) is 7.38. The summed E-state index contributed by atoms with van der Waals surface area (Å²) in [5.74, 6) is 2.35. The van der Waals surface area contributed by atoms with Crippen LogP contribution < -0.4 is 15.1 Å². The molecule has 0 aliphatic carbocycles. The molecule has 138 valence electrons. The summed E-state index contributed by atoms with van der Waals surface area (Å²) in [5.41, 5.74) is 3.62. The number of ether oxygens (including phenoxy) is 1. The third-order valence-corrected chi connectivity index (χ3v) is 5.28. The number of nitrogens with zero attached hydrogens (tertiary/aromatic N) is 4. The van der Waals surface area contributed by atoms with Gasteiger partial charge in [-0.3, -0.25) is 0 Å². The van der Waals surface area contributed by atoms with E-state index in [0.29, 0.717) is 5.92 Å². The standard InChI is InChI=1S/C20H27N5O/c1-3-17-18(15-13-21-14-15)22-20(25-9-11-26-12-10-25)23-19(17)24(2)16-7-5-4-6-8-16/h4-8,15,21H,3,9-14H2,1-2H3. The van der Waals surface area contributed by atoms with Crippen LogP contribution in [-0.2, 0) is 11.2 Å². The number of nitrogens with one attached hydrogen (secondary N) is 1. The third-order valence-electron chi connectivity index (χ3n) is 5.28. The molecule has 2 aliphatic heterocycles. The van der Waals surface area contributed by atoms with Gasteiger partial charge in [0.25, 0.3) is 0 Å². The van der Waals surface area contributed by atoms with Crippen LogP contribution in [0, 0.1) is 0 Å². The predicted octanol–water partition coefficient (Wildman–Crippen LogP) is 2.33. The highest BCUT2D eigenvalue weighted by atomic mass is 16.5. The van der Waals surface area contributed by atoms with Gasteiger partial charge in [0.05, 0.1) is 18.9 Å². The second-order valence-corrected chi connectivity index (χ2v) is 6.91. The normalized spacial score (nSPS) is 17.8. The molecule has 6 nitrogen and oxygen atoms in total. The van der Waals surface area contributed by atoms with Crippen molar-refractivity contribution in [3.8, 4) is 0 Å². The number of hydrogen-bond donors (Lipinski definition) is 1. The van der Waals surface area contributed by atoms with Crippen molar-refractivity contribution in [2.75, 3.05) is 56.2 Å². The van der Waals surface area contributed by atoms with Crippen LogP contribution in [0.25, 0.3) is 0 Å². The van der Waals surface area contributed by atoms with Crippen LogP contribution >= 0.6 is 0 Å². The largest absolute Gasteiger partial charge is 0.378 e. The van der Waals surface area contributed by atoms with Gasteiger partial charge in [-0.25, -0.2) is 4.98 Å². The van der Waals surface area contributed by atoms with Crippen molar-refractivity contribution in [2.24, 2.45) is 0 Å². The van der Waals surface area contributed by atoms with E-state index in [9.17, 15) is 0 Å². The van der Waals surface area contributed by atoms with Gasteiger partial charge in [-0.2, -0.15) is 4.98 Å². The molecule has 2 aromatic rings. The highest BCUT2D eigenvalue weighted by molar-refractivity contribution is 5.65. The lowest BCUT2D eigenvalue weighted by Crippen LogP contribution is -2.42. The van der Waals surface area contributed by atoms with Crippen LogP contribution in [-0.4, -0.2) is 56.4 Å². The quantitative estimate of drug-likeness (QED) is 0.890. The van der Waals surface area contributed by atoms with Crippen molar-refractivity contribution in [3.05, 3.63) is 41.6 Å². The maximum absolute atomic E-state index is 5.51. The first-order valence-corrected chi connectivity index (χ1v) is 9.51. The first kappa shape index (κ1) is 17.2. The van der Waals surface area contributed by atoms with Crippen molar-refractivity contribution in [1.29, 1.82) is 0 Å². The van der Waals surface area contributed by atoms with E-state index in [1.165, 1.54) is 11.3 Å². The van der Waals surface area contributed by atoms with E-state index in [1.54, 1.807) is 0 Å². The van der Waals surface area contributed by atoms with Gasteiger partial charge < -0.3 is 19.9 Å². The van der Waals surface area contributed by atoms with Gasteiger partial charge in [0.15, 0.2) is 0 Å². The second kappa shape index (κ2) is 7.60. The molecule has 0 amide bonds. The van der Waals surface area contributed by atoms with Gasteiger partial charge in [0.2, 0.25) is 5.95 Å². The molecule has 26 heavy (non-hydrogen) atoms. The molecule has 2 aliphatic rings. The first-order chi connectivity index (χ1) is 12.8. The zero-order valence-corrected chi connectivity index (χ0v) is 15.6. The number of rotatable bonds is 5. The monoisotopic (exact) mass is 353 g/mol. The molecule has 0 bridgehead atoms. The van der Waals surface area contributed by atoms with Gasteiger partial charge in [-0.15, -0.1) is 0 Å². The maximum Gasteiger partial charge on any atom is 0.227 e. The summed E-state index contributed by atoms with van der Waals surface area (Å²) in [6, 6.07) is 10.4. The van der Waals surface area contributed by atoms with Crippen LogP contribution in [0.4, 0.5) is 17.5 Å². The summed E-state index contributed by atoms with van der Waals surface area (Å²) < 4.78 is 5.51. The molecular weight excluding hydrogens is 326 g/mol. The molecule has 0 radical (unpaired) electrons. The first-order valence-electron chi connectivity index (χ1n) is 9.51. The van der Waals surface area contributed by atoms with Crippen LogP contribution in [0.2, 0.25) is 0 Å². The number of morpholine rings is 1. The molecule has 1 aromatic heterocycles. The molecule has 1 aromatic carbocycles. The minimum absolute atomic E-state index is 0.482. The van der Waals surface area contributed by atoms with Gasteiger partial charge in [0, 0.05) is 50.4 Å². The van der Waals surface area contributed by atoms with E-state index < -0.39 is 0 Å². The minimum atomic E-state index is 0.482. The van der Waals surface area contributed by atoms with Crippen LogP contribution in [0.1, 0.15) is 24.1 Å². The Kier molecular flexibility index (Phi) is 5.04. The Morgan fingerprint density at radius 3 is 2.50 bits per heavy atom. The van der Waals surface area contributed by atoms with Gasteiger partial charge in [-0.05, 0) is 18.6 Å². The fraction of sp³-hybridized carbons (Fsp3) is 0.500. The molecule has 0 unspecified atom stereocenters. The highest BCUT2D eigenvalue weighted by Gasteiger charge is 2.28. The minimum Gasteiger partial charge on any atom is -0.378 e. The fourth-order valence-electron chi connectivity index (χ4n) is 3.59. The average molecular weight is 353 g/mol. The fourth-order valence-corrected chi connectivity index (χ4v) is 3.59. The number of aromatic nitrogens is 2. The van der Waals surface area contributed by atoms with Crippen molar-refractivity contribution >= 4 is 17.5 Å². The summed E-state index contributed by atoms with van der Waals surface area (Å²) in [6.07, 6.45) is 0.932. The Morgan fingerprint density at radius 1 is 1.15 bits per heavy atom. The highest BCUT2D eigenvalue weighted by Crippen LogP contribution is 2.33. The van der Waals surface area contributed by atoms with Crippen molar-refractivity contribution in [1.82, 2.24) is 15.3 Å². The molecule has 0 saturated carbocycles.